The monoisotopic (exact) mass is 604 g/mol. The molecule has 20 heteroatoms. The molecule has 0 aliphatic heterocycles. The fourth-order valence-corrected chi connectivity index (χ4v) is 0. The van der Waals surface area contributed by atoms with Crippen LogP contribution in [-0.2, 0) is 75.7 Å². The van der Waals surface area contributed by atoms with Crippen molar-refractivity contribution < 1.29 is 115 Å². The fourth-order valence-electron chi connectivity index (χ4n) is 0. The number of nitrogens with two attached hydrogens (primary N) is 2. The summed E-state index contributed by atoms with van der Waals surface area (Å²) in [6.45, 7) is 1.15. The van der Waals surface area contributed by atoms with E-state index in [0.29, 0.717) is 0 Å². The van der Waals surface area contributed by atoms with Gasteiger partial charge in [-0.2, -0.15) is 0 Å². The molecule has 0 unspecified atom stereocenters. The Kier molecular flexibility index (Phi) is 49.7. The van der Waals surface area contributed by atoms with Crippen molar-refractivity contribution >= 4 is 35.4 Å². The molecule has 0 fully saturated rings. The van der Waals surface area contributed by atoms with E-state index in [4.69, 9.17) is 44.1 Å². The van der Waals surface area contributed by atoms with E-state index in [9.17, 15) is 18.7 Å². The zero-order valence-electron chi connectivity index (χ0n) is 13.6. The van der Waals surface area contributed by atoms with Crippen LogP contribution in [0.25, 0.3) is 0 Å². The van der Waals surface area contributed by atoms with Gasteiger partial charge in [0.1, 0.15) is 0 Å². The molecule has 0 bridgehead atoms. The number of hydrogen-bond acceptors (Lipinski definition) is 7. The Morgan fingerprint density at radius 2 is 0.846 bits per heavy atom. The number of hydrogen-bond donors (Lipinski definition) is 10. The molecule has 26 heavy (non-hydrogen) atoms. The van der Waals surface area contributed by atoms with Gasteiger partial charge in [-0.25, -0.2) is 0 Å². The van der Waals surface area contributed by atoms with E-state index in [-0.39, 0.29) is 65.5 Å². The van der Waals surface area contributed by atoms with Crippen molar-refractivity contribution in [2.24, 2.45) is 11.5 Å². The standard InChI is InChI=1S/2C2H5NO2.2CH5O3P.H3O3P.2Zr/c2*3-1-2(4)5;2*1-5(2,3)4;1-4(2)3;;/h2*1,3H2,(H,4,5);2*1H3,(H2,2,3,4);4H,(H2,1,2,3);;. The molecule has 0 heterocycles. The van der Waals surface area contributed by atoms with Crippen LogP contribution in [0.3, 0.4) is 0 Å². The molecule has 0 aromatic carbocycles. The van der Waals surface area contributed by atoms with Gasteiger partial charge in [-0.3, -0.25) is 23.3 Å². The molecule has 0 saturated carbocycles. The molecule has 0 aliphatic rings. The minimum atomic E-state index is -3.64. The molecular weight excluding hydrogens is 583 g/mol. The maximum Gasteiger partial charge on any atom is 0.322 e. The van der Waals surface area contributed by atoms with Crippen LogP contribution in [0.15, 0.2) is 0 Å². The summed E-state index contributed by atoms with van der Waals surface area (Å²) >= 11 is 0. The Morgan fingerprint density at radius 1 is 0.808 bits per heavy atom. The SMILES string of the molecule is CP(=O)(O)O.CP(=O)(O)O.NCC(=O)O.NCC(=O)O.O=[PH](O)O.[Zr].[Zr]. The molecule has 0 spiro atoms. The van der Waals surface area contributed by atoms with Crippen molar-refractivity contribution in [3.05, 3.63) is 0 Å². The van der Waals surface area contributed by atoms with Gasteiger partial charge in [0.15, 0.2) is 0 Å². The Hall–Kier alpha value is 1.08. The predicted molar refractivity (Wildman–Crippen MR) is 82.8 cm³/mol. The molecule has 0 amide bonds. The quantitative estimate of drug-likeness (QED) is 0.140. The van der Waals surface area contributed by atoms with Crippen LogP contribution in [0.5, 0.6) is 0 Å². The topological polar surface area (TPSA) is 299 Å². The summed E-state index contributed by atoms with van der Waals surface area (Å²) in [5, 5.41) is 15.2. The first kappa shape index (κ1) is 45.7. The van der Waals surface area contributed by atoms with Crippen molar-refractivity contribution in [3.8, 4) is 0 Å². The van der Waals surface area contributed by atoms with Crippen LogP contribution in [0.2, 0.25) is 0 Å². The summed E-state index contributed by atoms with van der Waals surface area (Å²) in [4.78, 5) is 63.3. The van der Waals surface area contributed by atoms with Crippen LogP contribution >= 0.6 is 23.4 Å². The van der Waals surface area contributed by atoms with Crippen LogP contribution < -0.4 is 11.5 Å². The van der Waals surface area contributed by atoms with E-state index in [2.05, 4.69) is 11.5 Å². The second-order valence-corrected chi connectivity index (χ2v) is 7.06. The van der Waals surface area contributed by atoms with Crippen LogP contribution in [0.1, 0.15) is 0 Å². The molecule has 0 atom stereocenters. The van der Waals surface area contributed by atoms with Crippen molar-refractivity contribution in [2.45, 2.75) is 0 Å². The minimum absolute atomic E-state index is 0. The number of carboxylic acids is 2. The van der Waals surface area contributed by atoms with Crippen LogP contribution in [0, 0.1) is 0 Å². The smallest absolute Gasteiger partial charge is 0.322 e. The number of rotatable bonds is 2. The van der Waals surface area contributed by atoms with Gasteiger partial charge in [0.25, 0.3) is 0 Å². The number of carbonyl (C=O) groups is 2. The summed E-state index contributed by atoms with van der Waals surface area (Å²) in [7, 11) is -10.4. The third-order valence-electron chi connectivity index (χ3n) is 0.349. The molecule has 0 saturated heterocycles. The van der Waals surface area contributed by atoms with Crippen molar-refractivity contribution in [1.82, 2.24) is 0 Å². The Labute approximate surface area is 187 Å². The van der Waals surface area contributed by atoms with E-state index < -0.39 is 35.4 Å². The van der Waals surface area contributed by atoms with Gasteiger partial charge >= 0.3 is 35.4 Å². The fraction of sp³-hybridized carbons (Fsp3) is 0.667. The summed E-state index contributed by atoms with van der Waals surface area (Å²) in [5.41, 5.74) is 9.14. The molecule has 0 rings (SSSR count). The van der Waals surface area contributed by atoms with E-state index in [1.807, 2.05) is 0 Å². The largest absolute Gasteiger partial charge is 0.480 e. The third kappa shape index (κ3) is 564. The first-order valence-electron chi connectivity index (χ1n) is 5.09. The zero-order chi connectivity index (χ0) is 21.1. The molecule has 158 valence electrons. The van der Waals surface area contributed by atoms with Gasteiger partial charge in [0, 0.05) is 65.7 Å². The van der Waals surface area contributed by atoms with Crippen molar-refractivity contribution in [2.75, 3.05) is 26.4 Å². The molecular formula is C6H23N2O13P3Zr2. The van der Waals surface area contributed by atoms with Gasteiger partial charge in [0.05, 0.1) is 13.1 Å². The van der Waals surface area contributed by atoms with E-state index in [1.165, 1.54) is 0 Å². The predicted octanol–water partition coefficient (Wildman–Crippen LogP) is -3.00. The van der Waals surface area contributed by atoms with E-state index in [1.54, 1.807) is 0 Å². The van der Waals surface area contributed by atoms with E-state index in [0.717, 1.165) is 13.3 Å². The maximum atomic E-state index is 9.33. The number of carboxylic acid groups (broad SMARTS) is 2. The second kappa shape index (κ2) is 28.3. The average Bonchev–Trinajstić information content (AvgIpc) is 2.24. The summed E-state index contributed by atoms with van der Waals surface area (Å²) < 4.78 is 27.4. The molecule has 0 radical (unpaired) electrons. The van der Waals surface area contributed by atoms with Gasteiger partial charge in [-0.15, -0.1) is 0 Å². The Balaban J connectivity index is -0.0000000341. The van der Waals surface area contributed by atoms with Gasteiger partial charge in [-0.05, 0) is 0 Å². The molecule has 15 nitrogen and oxygen atoms in total. The van der Waals surface area contributed by atoms with Gasteiger partial charge in [0.2, 0.25) is 0 Å². The molecule has 0 aliphatic carbocycles. The summed E-state index contributed by atoms with van der Waals surface area (Å²) in [5.74, 6) is -1.94. The van der Waals surface area contributed by atoms with Crippen LogP contribution in [0.4, 0.5) is 0 Å². The van der Waals surface area contributed by atoms with Crippen molar-refractivity contribution in [1.29, 1.82) is 0 Å². The van der Waals surface area contributed by atoms with Gasteiger partial charge in [-0.1, -0.05) is 0 Å². The summed E-state index contributed by atoms with van der Waals surface area (Å²) in [6, 6.07) is 0. The minimum Gasteiger partial charge on any atom is -0.480 e. The first-order valence-corrected chi connectivity index (χ1v) is 10.5. The normalized spacial score (nSPS) is 8.73. The third-order valence-corrected chi connectivity index (χ3v) is 0.349. The maximum absolute atomic E-state index is 9.33. The molecule has 0 aromatic heterocycles. The Morgan fingerprint density at radius 3 is 0.846 bits per heavy atom. The van der Waals surface area contributed by atoms with Gasteiger partial charge < -0.3 is 51.0 Å². The molecule has 0 aromatic rings. The first-order chi connectivity index (χ1) is 10.3. The summed E-state index contributed by atoms with van der Waals surface area (Å²) in [6.07, 6.45) is 0. The van der Waals surface area contributed by atoms with Crippen LogP contribution in [-0.4, -0.2) is 77.9 Å². The zero-order valence-corrected chi connectivity index (χ0v) is 21.3. The van der Waals surface area contributed by atoms with Crippen molar-refractivity contribution in [3.63, 3.8) is 0 Å². The van der Waals surface area contributed by atoms with E-state index >= 15 is 0 Å². The number of aliphatic carboxylic acids is 2. The average molecular weight is 607 g/mol. The molecule has 12 N–H and O–H groups in total. The second-order valence-electron chi connectivity index (χ2n) is 3.15. The Bertz CT molecular complexity index is 385.